The van der Waals surface area contributed by atoms with E-state index in [1.165, 1.54) is 12.0 Å². The molecule has 0 spiro atoms. The molecule has 1 N–H and O–H groups in total. The van der Waals surface area contributed by atoms with Crippen LogP contribution in [0.1, 0.15) is 6.92 Å². The zero-order valence-corrected chi connectivity index (χ0v) is 11.7. The molecule has 1 aromatic carbocycles. The summed E-state index contributed by atoms with van der Waals surface area (Å²) in [5, 5.41) is 2.60. The van der Waals surface area contributed by atoms with Crippen molar-refractivity contribution in [3.8, 4) is 5.75 Å². The molecule has 6 heteroatoms. The van der Waals surface area contributed by atoms with E-state index in [1.807, 2.05) is 6.07 Å². The molecular formula is C12H13BrN2O3. The fraction of sp³-hybridized carbons (Fsp3) is 0.333. The quantitative estimate of drug-likeness (QED) is 0.895. The van der Waals surface area contributed by atoms with E-state index in [0.717, 1.165) is 4.47 Å². The third kappa shape index (κ3) is 2.33. The summed E-state index contributed by atoms with van der Waals surface area (Å²) >= 11 is 3.35. The molecule has 1 aliphatic heterocycles. The number of nitrogens with zero attached hydrogens (tertiary/aromatic N) is 1. The molecule has 0 bridgehead atoms. The summed E-state index contributed by atoms with van der Waals surface area (Å²) in [7, 11) is 1.53. The Balaban J connectivity index is 2.43. The van der Waals surface area contributed by atoms with Crippen molar-refractivity contribution in [3.63, 3.8) is 0 Å². The first-order valence-corrected chi connectivity index (χ1v) is 6.26. The average molecular weight is 313 g/mol. The van der Waals surface area contributed by atoms with E-state index in [2.05, 4.69) is 21.2 Å². The third-order valence-electron chi connectivity index (χ3n) is 2.75. The van der Waals surface area contributed by atoms with Gasteiger partial charge in [0.2, 0.25) is 11.8 Å². The number of anilines is 1. The van der Waals surface area contributed by atoms with Gasteiger partial charge in [0.05, 0.1) is 12.8 Å². The Kier molecular flexibility index (Phi) is 3.56. The molecule has 1 saturated heterocycles. The Morgan fingerprint density at radius 3 is 2.83 bits per heavy atom. The normalized spacial score (nSPS) is 19.7. The summed E-state index contributed by atoms with van der Waals surface area (Å²) < 4.78 is 6.05. The number of amides is 2. The Morgan fingerprint density at radius 1 is 1.44 bits per heavy atom. The summed E-state index contributed by atoms with van der Waals surface area (Å²) in [5.74, 6) is 0.239. The van der Waals surface area contributed by atoms with Crippen LogP contribution in [0.15, 0.2) is 22.7 Å². The summed E-state index contributed by atoms with van der Waals surface area (Å²) in [5.41, 5.74) is 0.596. The number of nitrogens with one attached hydrogen (secondary N) is 1. The molecule has 1 unspecified atom stereocenters. The van der Waals surface area contributed by atoms with Crippen LogP contribution in [0.5, 0.6) is 5.75 Å². The van der Waals surface area contributed by atoms with Crippen molar-refractivity contribution < 1.29 is 14.3 Å². The second kappa shape index (κ2) is 4.97. The number of methoxy groups -OCH3 is 1. The maximum Gasteiger partial charge on any atom is 0.249 e. The van der Waals surface area contributed by atoms with Gasteiger partial charge in [0.25, 0.3) is 0 Å². The predicted molar refractivity (Wildman–Crippen MR) is 70.7 cm³/mol. The van der Waals surface area contributed by atoms with Crippen molar-refractivity contribution in [1.82, 2.24) is 5.32 Å². The molecule has 0 aromatic heterocycles. The highest BCUT2D eigenvalue weighted by Crippen LogP contribution is 2.32. The number of halogens is 1. The summed E-state index contributed by atoms with van der Waals surface area (Å²) in [6.07, 6.45) is 0. The van der Waals surface area contributed by atoms with Crippen LogP contribution in [-0.2, 0) is 9.59 Å². The van der Waals surface area contributed by atoms with E-state index in [4.69, 9.17) is 4.74 Å². The number of hydrogen-bond acceptors (Lipinski definition) is 3. The lowest BCUT2D eigenvalue weighted by atomic mass is 10.1. The molecule has 1 heterocycles. The van der Waals surface area contributed by atoms with Crippen molar-refractivity contribution in [3.05, 3.63) is 22.7 Å². The van der Waals surface area contributed by atoms with Crippen LogP contribution in [0, 0.1) is 0 Å². The number of carbonyl (C=O) groups excluding carboxylic acids is 2. The van der Waals surface area contributed by atoms with E-state index in [1.54, 1.807) is 19.1 Å². The first kappa shape index (κ1) is 12.9. The van der Waals surface area contributed by atoms with E-state index < -0.39 is 6.04 Å². The van der Waals surface area contributed by atoms with Crippen molar-refractivity contribution in [1.29, 1.82) is 0 Å². The van der Waals surface area contributed by atoms with Gasteiger partial charge in [-0.05, 0) is 25.1 Å². The number of carbonyl (C=O) groups is 2. The number of ether oxygens (including phenoxy) is 1. The highest BCUT2D eigenvalue weighted by Gasteiger charge is 2.32. The van der Waals surface area contributed by atoms with Crippen molar-refractivity contribution in [2.45, 2.75) is 13.0 Å². The van der Waals surface area contributed by atoms with Crippen LogP contribution >= 0.6 is 15.9 Å². The highest BCUT2D eigenvalue weighted by molar-refractivity contribution is 9.10. The first-order valence-electron chi connectivity index (χ1n) is 5.47. The second-order valence-corrected chi connectivity index (χ2v) is 4.95. The molecule has 2 rings (SSSR count). The standard InChI is InChI=1S/C12H13BrN2O3/c1-7-12(17)15(6-11(16)14-7)9-5-8(13)3-4-10(9)18-2/h3-5,7H,6H2,1-2H3,(H,14,16). The average Bonchev–Trinajstić information content (AvgIpc) is 2.33. The number of benzene rings is 1. The van der Waals surface area contributed by atoms with Crippen LogP contribution in [0.25, 0.3) is 0 Å². The van der Waals surface area contributed by atoms with Gasteiger partial charge >= 0.3 is 0 Å². The topological polar surface area (TPSA) is 58.6 Å². The molecular weight excluding hydrogens is 300 g/mol. The lowest BCUT2D eigenvalue weighted by Gasteiger charge is -2.31. The molecule has 0 radical (unpaired) electrons. The van der Waals surface area contributed by atoms with Gasteiger partial charge in [-0.2, -0.15) is 0 Å². The monoisotopic (exact) mass is 312 g/mol. The second-order valence-electron chi connectivity index (χ2n) is 4.03. The maximum absolute atomic E-state index is 12.1. The van der Waals surface area contributed by atoms with Crippen LogP contribution in [0.4, 0.5) is 5.69 Å². The van der Waals surface area contributed by atoms with Gasteiger partial charge in [0.1, 0.15) is 18.3 Å². The zero-order valence-electron chi connectivity index (χ0n) is 10.1. The minimum Gasteiger partial charge on any atom is -0.495 e. The SMILES string of the molecule is COc1ccc(Br)cc1N1CC(=O)NC(C)C1=O. The maximum atomic E-state index is 12.1. The predicted octanol–water partition coefficient (Wildman–Crippen LogP) is 1.31. The Bertz CT molecular complexity index is 504. The van der Waals surface area contributed by atoms with Crippen LogP contribution in [0.2, 0.25) is 0 Å². The van der Waals surface area contributed by atoms with Gasteiger partial charge in [-0.3, -0.25) is 14.5 Å². The summed E-state index contributed by atoms with van der Waals surface area (Å²) in [4.78, 5) is 25.1. The Hall–Kier alpha value is -1.56. The van der Waals surface area contributed by atoms with E-state index in [0.29, 0.717) is 11.4 Å². The van der Waals surface area contributed by atoms with Gasteiger partial charge in [0.15, 0.2) is 0 Å². The van der Waals surface area contributed by atoms with Crippen molar-refractivity contribution in [2.24, 2.45) is 0 Å². The van der Waals surface area contributed by atoms with E-state index >= 15 is 0 Å². The molecule has 96 valence electrons. The molecule has 2 amide bonds. The van der Waals surface area contributed by atoms with Gasteiger partial charge < -0.3 is 10.1 Å². The molecule has 0 saturated carbocycles. The molecule has 18 heavy (non-hydrogen) atoms. The van der Waals surface area contributed by atoms with Crippen molar-refractivity contribution >= 4 is 33.4 Å². The van der Waals surface area contributed by atoms with Crippen LogP contribution < -0.4 is 15.0 Å². The molecule has 1 fully saturated rings. The van der Waals surface area contributed by atoms with E-state index in [-0.39, 0.29) is 18.4 Å². The van der Waals surface area contributed by atoms with Crippen molar-refractivity contribution in [2.75, 3.05) is 18.6 Å². The minimum absolute atomic E-state index is 0.00991. The summed E-state index contributed by atoms with van der Waals surface area (Å²) in [6, 6.07) is 4.82. The number of piperazine rings is 1. The smallest absolute Gasteiger partial charge is 0.249 e. The zero-order chi connectivity index (χ0) is 13.3. The summed E-state index contributed by atoms with van der Waals surface area (Å²) in [6.45, 7) is 1.67. The minimum atomic E-state index is -0.519. The van der Waals surface area contributed by atoms with Gasteiger partial charge in [-0.15, -0.1) is 0 Å². The van der Waals surface area contributed by atoms with Gasteiger partial charge in [-0.1, -0.05) is 15.9 Å². The molecule has 1 aliphatic rings. The number of hydrogen-bond donors (Lipinski definition) is 1. The van der Waals surface area contributed by atoms with E-state index in [9.17, 15) is 9.59 Å². The Morgan fingerprint density at radius 2 is 2.17 bits per heavy atom. The van der Waals surface area contributed by atoms with Crippen LogP contribution in [-0.4, -0.2) is 31.5 Å². The van der Waals surface area contributed by atoms with Gasteiger partial charge in [0, 0.05) is 4.47 Å². The third-order valence-corrected chi connectivity index (χ3v) is 3.24. The lowest BCUT2D eigenvalue weighted by Crippen LogP contribution is -2.57. The molecule has 5 nitrogen and oxygen atoms in total. The Labute approximate surface area is 113 Å². The number of rotatable bonds is 2. The van der Waals surface area contributed by atoms with Gasteiger partial charge in [-0.25, -0.2) is 0 Å². The lowest BCUT2D eigenvalue weighted by molar-refractivity contribution is -0.130. The molecule has 0 aliphatic carbocycles. The first-order chi connectivity index (χ1) is 8.52. The largest absolute Gasteiger partial charge is 0.495 e. The fourth-order valence-electron chi connectivity index (χ4n) is 1.88. The highest BCUT2D eigenvalue weighted by atomic mass is 79.9. The fourth-order valence-corrected chi connectivity index (χ4v) is 2.23. The van der Waals surface area contributed by atoms with Crippen LogP contribution in [0.3, 0.4) is 0 Å². The molecule has 1 aromatic rings. The molecule has 1 atom stereocenters.